The fraction of sp³-hybridized carbons (Fsp3) is 0.556. The Morgan fingerprint density at radius 2 is 1.74 bits per heavy atom. The summed E-state index contributed by atoms with van der Waals surface area (Å²) in [7, 11) is -4.77. The van der Waals surface area contributed by atoms with Gasteiger partial charge in [-0.1, -0.05) is 11.6 Å². The molecule has 0 aliphatic rings. The molecule has 14 heteroatoms. The Balaban J connectivity index is 3.23. The Bertz CT molecular complexity index is 645. The molecular weight excluding hydrogens is 464 g/mol. The third kappa shape index (κ3) is 5.19. The van der Waals surface area contributed by atoms with Gasteiger partial charge in [0.05, 0.1) is 21.5 Å². The molecule has 0 fully saturated rings. The Hall–Kier alpha value is -0.0800. The summed E-state index contributed by atoms with van der Waals surface area (Å²) in [5.41, 5.74) is 0. The van der Waals surface area contributed by atoms with Gasteiger partial charge in [-0.2, -0.15) is 26.3 Å². The number of sulfonamides is 1. The van der Waals surface area contributed by atoms with Crippen LogP contribution in [0.4, 0.5) is 26.3 Å². The molecule has 0 aromatic carbocycles. The molecule has 1 unspecified atom stereocenters. The molecule has 0 amide bonds. The quantitative estimate of drug-likeness (QED) is 0.647. The average molecular weight is 471 g/mol. The van der Waals surface area contributed by atoms with Crippen molar-refractivity contribution in [2.45, 2.75) is 22.6 Å². The zero-order chi connectivity index (χ0) is 18.2. The summed E-state index contributed by atoms with van der Waals surface area (Å²) in [5, 5.41) is 8.85. The van der Waals surface area contributed by atoms with Crippen LogP contribution in [0.2, 0.25) is 4.34 Å². The van der Waals surface area contributed by atoms with Gasteiger partial charge in [-0.15, -0.1) is 11.3 Å². The van der Waals surface area contributed by atoms with E-state index in [-0.39, 0.29) is 8.81 Å². The van der Waals surface area contributed by atoms with Crippen LogP contribution in [0.25, 0.3) is 0 Å². The first-order valence-electron chi connectivity index (χ1n) is 5.41. The topological polar surface area (TPSA) is 66.4 Å². The van der Waals surface area contributed by atoms with Crippen molar-refractivity contribution >= 4 is 48.9 Å². The number of aliphatic hydroxyl groups excluding tert-OH is 1. The summed E-state index contributed by atoms with van der Waals surface area (Å²) in [5.74, 6) is -4.07. The number of alkyl halides is 6. The predicted octanol–water partition coefficient (Wildman–Crippen LogP) is 3.54. The number of hydrogen-bond donors (Lipinski definition) is 2. The minimum absolute atomic E-state index is 0.0546. The van der Waals surface area contributed by atoms with Crippen molar-refractivity contribution in [2.75, 3.05) is 6.61 Å². The molecule has 4 nitrogen and oxygen atoms in total. The summed E-state index contributed by atoms with van der Waals surface area (Å²) in [6.45, 7) is -1.71. The molecule has 1 aromatic heterocycles. The van der Waals surface area contributed by atoms with Crippen molar-refractivity contribution in [2.24, 2.45) is 5.92 Å². The molecule has 0 saturated heterocycles. The smallest absolute Gasteiger partial charge is 0.395 e. The third-order valence-electron chi connectivity index (χ3n) is 2.48. The van der Waals surface area contributed by atoms with E-state index in [9.17, 15) is 34.8 Å². The molecule has 2 N–H and O–H groups in total. The average Bonchev–Trinajstić information content (AvgIpc) is 2.64. The van der Waals surface area contributed by atoms with Gasteiger partial charge in [-0.3, -0.25) is 0 Å². The van der Waals surface area contributed by atoms with Gasteiger partial charge in [-0.05, 0) is 22.0 Å². The maximum atomic E-state index is 12.6. The summed E-state index contributed by atoms with van der Waals surface area (Å²) in [6, 6.07) is -1.73. The summed E-state index contributed by atoms with van der Waals surface area (Å²) in [4.78, 5) is 0. The molecule has 23 heavy (non-hydrogen) atoms. The first-order valence-corrected chi connectivity index (χ1v) is 8.88. The van der Waals surface area contributed by atoms with Crippen LogP contribution < -0.4 is 4.72 Å². The van der Waals surface area contributed by atoms with E-state index >= 15 is 0 Å². The molecule has 0 aliphatic carbocycles. The molecule has 0 aliphatic heterocycles. The van der Waals surface area contributed by atoms with E-state index in [0.29, 0.717) is 11.3 Å². The maximum Gasteiger partial charge on any atom is 0.402 e. The van der Waals surface area contributed by atoms with Gasteiger partial charge >= 0.3 is 12.4 Å². The number of hydrogen-bond acceptors (Lipinski definition) is 4. The summed E-state index contributed by atoms with van der Waals surface area (Å²) in [6.07, 6.45) is -11.6. The molecule has 1 heterocycles. The van der Waals surface area contributed by atoms with Crippen molar-refractivity contribution in [1.29, 1.82) is 0 Å². The minimum Gasteiger partial charge on any atom is -0.395 e. The third-order valence-corrected chi connectivity index (χ3v) is 6.92. The Labute approximate surface area is 143 Å². The van der Waals surface area contributed by atoms with Gasteiger partial charge in [0.25, 0.3) is 10.0 Å². The number of rotatable bonds is 5. The molecular formula is C9H7BrClF6NO3S2. The molecule has 0 bridgehead atoms. The number of nitrogens with one attached hydrogen (secondary N) is 1. The zero-order valence-corrected chi connectivity index (χ0v) is 14.5. The van der Waals surface area contributed by atoms with Crippen LogP contribution in [-0.2, 0) is 10.0 Å². The van der Waals surface area contributed by atoms with E-state index in [1.54, 1.807) is 0 Å². The van der Waals surface area contributed by atoms with Gasteiger partial charge in [0, 0.05) is 0 Å². The van der Waals surface area contributed by atoms with Gasteiger partial charge in [-0.25, -0.2) is 13.1 Å². The fourth-order valence-corrected chi connectivity index (χ4v) is 5.88. The Morgan fingerprint density at radius 1 is 1.26 bits per heavy atom. The molecule has 0 spiro atoms. The van der Waals surface area contributed by atoms with E-state index in [1.807, 2.05) is 0 Å². The highest BCUT2D eigenvalue weighted by Crippen LogP contribution is 2.42. The van der Waals surface area contributed by atoms with Crippen LogP contribution in [0.5, 0.6) is 0 Å². The Kier molecular flexibility index (Phi) is 6.41. The molecule has 134 valence electrons. The second-order valence-electron chi connectivity index (χ2n) is 4.16. The fourth-order valence-electron chi connectivity index (χ4n) is 1.61. The van der Waals surface area contributed by atoms with E-state index in [4.69, 9.17) is 16.7 Å². The van der Waals surface area contributed by atoms with E-state index in [0.717, 1.165) is 6.07 Å². The van der Waals surface area contributed by atoms with Crippen LogP contribution in [0.15, 0.2) is 14.7 Å². The van der Waals surface area contributed by atoms with E-state index in [2.05, 4.69) is 15.9 Å². The zero-order valence-electron chi connectivity index (χ0n) is 10.5. The first-order chi connectivity index (χ1) is 10.2. The van der Waals surface area contributed by atoms with Crippen molar-refractivity contribution in [1.82, 2.24) is 4.72 Å². The highest BCUT2D eigenvalue weighted by molar-refractivity contribution is 9.10. The van der Waals surface area contributed by atoms with Crippen LogP contribution in [0.3, 0.4) is 0 Å². The van der Waals surface area contributed by atoms with Crippen molar-refractivity contribution in [3.8, 4) is 0 Å². The van der Waals surface area contributed by atoms with Gasteiger partial charge in [0.15, 0.2) is 10.1 Å². The maximum absolute atomic E-state index is 12.6. The van der Waals surface area contributed by atoms with E-state index < -0.39 is 45.2 Å². The highest BCUT2D eigenvalue weighted by atomic mass is 79.9. The van der Waals surface area contributed by atoms with Crippen molar-refractivity contribution < 1.29 is 39.9 Å². The number of halogens is 8. The second-order valence-corrected chi connectivity index (χ2v) is 8.60. The van der Waals surface area contributed by atoms with Crippen LogP contribution in [0.1, 0.15) is 0 Å². The summed E-state index contributed by atoms with van der Waals surface area (Å²) >= 11 is 8.74. The largest absolute Gasteiger partial charge is 0.402 e. The van der Waals surface area contributed by atoms with E-state index in [1.165, 1.54) is 4.72 Å². The van der Waals surface area contributed by atoms with Gasteiger partial charge in [0.2, 0.25) is 0 Å². The molecule has 1 aromatic rings. The van der Waals surface area contributed by atoms with Crippen molar-refractivity contribution in [3.05, 3.63) is 14.9 Å². The Morgan fingerprint density at radius 3 is 2.04 bits per heavy atom. The van der Waals surface area contributed by atoms with Crippen LogP contribution >= 0.6 is 38.9 Å². The lowest BCUT2D eigenvalue weighted by Crippen LogP contribution is -2.54. The predicted molar refractivity (Wildman–Crippen MR) is 73.8 cm³/mol. The number of aliphatic hydroxyl groups is 1. The van der Waals surface area contributed by atoms with Crippen molar-refractivity contribution in [3.63, 3.8) is 0 Å². The van der Waals surface area contributed by atoms with Crippen LogP contribution in [0, 0.1) is 5.92 Å². The monoisotopic (exact) mass is 469 g/mol. The molecule has 0 radical (unpaired) electrons. The molecule has 0 saturated carbocycles. The lowest BCUT2D eigenvalue weighted by molar-refractivity contribution is -0.292. The van der Waals surface area contributed by atoms with Gasteiger partial charge < -0.3 is 5.11 Å². The lowest BCUT2D eigenvalue weighted by atomic mass is 10.00. The SMILES string of the molecule is O=S(=O)(NC(CO)C(C(F)(F)F)C(F)(F)F)c1sc(Cl)cc1Br. The highest BCUT2D eigenvalue weighted by Gasteiger charge is 2.60. The minimum atomic E-state index is -5.81. The van der Waals surface area contributed by atoms with Gasteiger partial charge in [0.1, 0.15) is 0 Å². The molecule has 1 atom stereocenters. The first kappa shape index (κ1) is 21.0. The molecule has 1 rings (SSSR count). The lowest BCUT2D eigenvalue weighted by Gasteiger charge is -2.29. The second kappa shape index (κ2) is 7.04. The standard InChI is InChI=1S/C9H7BrClF6NO3S2/c10-3-1-5(11)22-7(3)23(20,21)18-4(2-19)6(8(12,13)14)9(15,16)17/h1,4,6,18-19H,2H2. The number of thiophene rings is 1. The summed E-state index contributed by atoms with van der Waals surface area (Å²) < 4.78 is 100. The normalized spacial score (nSPS) is 15.2. The van der Waals surface area contributed by atoms with Crippen LogP contribution in [-0.4, -0.2) is 38.5 Å².